The van der Waals surface area contributed by atoms with Gasteiger partial charge >= 0.3 is 12.4 Å². The van der Waals surface area contributed by atoms with Crippen LogP contribution in [-0.2, 0) is 12.4 Å². The van der Waals surface area contributed by atoms with Crippen LogP contribution in [0.15, 0.2) is 30.3 Å². The quantitative estimate of drug-likeness (QED) is 0.443. The van der Waals surface area contributed by atoms with Crippen LogP contribution in [0.3, 0.4) is 0 Å². The molecular weight excluding hydrogens is 355 g/mol. The average molecular weight is 360 g/mol. The van der Waals surface area contributed by atoms with Crippen molar-refractivity contribution < 1.29 is 26.3 Å². The fourth-order valence-corrected chi connectivity index (χ4v) is 2.46. The summed E-state index contributed by atoms with van der Waals surface area (Å²) >= 11 is 11.3. The summed E-state index contributed by atoms with van der Waals surface area (Å²) in [5, 5.41) is -1.32. The molecule has 2 rings (SSSR count). The molecular formula is C13H5Cl2F6N. The Hall–Kier alpha value is -1.47. The van der Waals surface area contributed by atoms with Crippen molar-refractivity contribution in [3.63, 3.8) is 0 Å². The molecule has 0 spiro atoms. The highest BCUT2D eigenvalue weighted by Crippen LogP contribution is 2.43. The molecule has 0 N–H and O–H groups in total. The summed E-state index contributed by atoms with van der Waals surface area (Å²) in [5.74, 6) is 0. The maximum Gasteiger partial charge on any atom is 0.433 e. The molecule has 0 aliphatic carbocycles. The molecule has 1 aromatic carbocycles. The molecule has 2 aromatic rings. The summed E-state index contributed by atoms with van der Waals surface area (Å²) < 4.78 is 76.7. The topological polar surface area (TPSA) is 12.9 Å². The number of rotatable bonds is 1. The Labute approximate surface area is 130 Å². The van der Waals surface area contributed by atoms with Crippen LogP contribution in [0.2, 0.25) is 10.2 Å². The lowest BCUT2D eigenvalue weighted by atomic mass is 10.0. The van der Waals surface area contributed by atoms with Crippen molar-refractivity contribution in [1.82, 2.24) is 4.98 Å². The highest BCUT2D eigenvalue weighted by atomic mass is 35.5. The van der Waals surface area contributed by atoms with Gasteiger partial charge in [-0.2, -0.15) is 26.3 Å². The van der Waals surface area contributed by atoms with E-state index in [4.69, 9.17) is 23.2 Å². The lowest BCUT2D eigenvalue weighted by Crippen LogP contribution is -2.10. The predicted molar refractivity (Wildman–Crippen MR) is 69.7 cm³/mol. The van der Waals surface area contributed by atoms with E-state index >= 15 is 0 Å². The van der Waals surface area contributed by atoms with E-state index in [1.807, 2.05) is 0 Å². The Morgan fingerprint density at radius 3 is 1.95 bits per heavy atom. The first-order valence-corrected chi connectivity index (χ1v) is 6.37. The molecule has 0 amide bonds. The van der Waals surface area contributed by atoms with E-state index in [0.717, 1.165) is 18.2 Å². The van der Waals surface area contributed by atoms with E-state index in [2.05, 4.69) is 4.98 Å². The van der Waals surface area contributed by atoms with Gasteiger partial charge in [0, 0.05) is 5.56 Å². The Bertz CT molecular complexity index is 685. The SMILES string of the molecule is FC(F)(F)c1cc(Cl)c(-c2ccccc2C(F)(F)F)c(Cl)n1. The van der Waals surface area contributed by atoms with E-state index in [0.29, 0.717) is 6.07 Å². The van der Waals surface area contributed by atoms with Crippen LogP contribution < -0.4 is 0 Å². The minimum absolute atomic E-state index is 0.399. The van der Waals surface area contributed by atoms with Gasteiger partial charge in [-0.15, -0.1) is 0 Å². The van der Waals surface area contributed by atoms with Crippen molar-refractivity contribution in [2.24, 2.45) is 0 Å². The molecule has 0 saturated heterocycles. The van der Waals surface area contributed by atoms with Crippen molar-refractivity contribution in [2.75, 3.05) is 0 Å². The zero-order valence-corrected chi connectivity index (χ0v) is 11.9. The second kappa shape index (κ2) is 5.62. The highest BCUT2D eigenvalue weighted by Gasteiger charge is 2.37. The maximum atomic E-state index is 13.0. The van der Waals surface area contributed by atoms with Crippen LogP contribution in [0.4, 0.5) is 26.3 Å². The third-order valence-electron chi connectivity index (χ3n) is 2.72. The van der Waals surface area contributed by atoms with E-state index in [-0.39, 0.29) is 0 Å². The summed E-state index contributed by atoms with van der Waals surface area (Å²) in [6.45, 7) is 0. The normalized spacial score (nSPS) is 12.5. The molecule has 1 heterocycles. The van der Waals surface area contributed by atoms with Gasteiger partial charge in [0.2, 0.25) is 0 Å². The Kier molecular flexibility index (Phi) is 4.32. The predicted octanol–water partition coefficient (Wildman–Crippen LogP) is 6.09. The Morgan fingerprint density at radius 1 is 0.864 bits per heavy atom. The third kappa shape index (κ3) is 3.30. The lowest BCUT2D eigenvalue weighted by molar-refractivity contribution is -0.141. The van der Waals surface area contributed by atoms with Crippen molar-refractivity contribution in [1.29, 1.82) is 0 Å². The van der Waals surface area contributed by atoms with Gasteiger partial charge in [-0.25, -0.2) is 4.98 Å². The molecule has 1 nitrogen and oxygen atoms in total. The molecule has 0 atom stereocenters. The first-order chi connectivity index (χ1) is 10.0. The van der Waals surface area contributed by atoms with Crippen molar-refractivity contribution in [3.8, 4) is 11.1 Å². The van der Waals surface area contributed by atoms with Gasteiger partial charge in [0.15, 0.2) is 0 Å². The van der Waals surface area contributed by atoms with Crippen LogP contribution in [0.25, 0.3) is 11.1 Å². The number of benzene rings is 1. The maximum absolute atomic E-state index is 13.0. The summed E-state index contributed by atoms with van der Waals surface area (Å²) in [6, 6.07) is 4.71. The van der Waals surface area contributed by atoms with Gasteiger partial charge in [0.25, 0.3) is 0 Å². The van der Waals surface area contributed by atoms with Crippen molar-refractivity contribution >= 4 is 23.2 Å². The molecule has 118 valence electrons. The molecule has 0 saturated carbocycles. The van der Waals surface area contributed by atoms with E-state index < -0.39 is 44.9 Å². The minimum Gasteiger partial charge on any atom is -0.231 e. The van der Waals surface area contributed by atoms with Crippen LogP contribution in [0, 0.1) is 0 Å². The minimum atomic E-state index is -4.81. The molecule has 9 heteroatoms. The fraction of sp³-hybridized carbons (Fsp3) is 0.154. The molecule has 0 unspecified atom stereocenters. The second-order valence-corrected chi connectivity index (χ2v) is 4.96. The van der Waals surface area contributed by atoms with Gasteiger partial charge in [0.05, 0.1) is 10.6 Å². The van der Waals surface area contributed by atoms with E-state index in [9.17, 15) is 26.3 Å². The van der Waals surface area contributed by atoms with Crippen LogP contribution in [0.5, 0.6) is 0 Å². The Morgan fingerprint density at radius 2 is 1.45 bits per heavy atom. The van der Waals surface area contributed by atoms with Crippen LogP contribution in [0.1, 0.15) is 11.3 Å². The number of aromatic nitrogens is 1. The highest BCUT2D eigenvalue weighted by molar-refractivity contribution is 6.38. The monoisotopic (exact) mass is 359 g/mol. The summed E-state index contributed by atoms with van der Waals surface area (Å²) in [4.78, 5) is 3.09. The molecule has 0 bridgehead atoms. The summed E-state index contributed by atoms with van der Waals surface area (Å²) in [5.41, 5.74) is -3.29. The number of hydrogen-bond acceptors (Lipinski definition) is 1. The molecule has 0 radical (unpaired) electrons. The van der Waals surface area contributed by atoms with Gasteiger partial charge in [-0.3, -0.25) is 0 Å². The molecule has 0 aliphatic heterocycles. The number of alkyl halides is 6. The number of halogens is 8. The summed E-state index contributed by atoms with van der Waals surface area (Å²) in [7, 11) is 0. The first kappa shape index (κ1) is 16.9. The lowest BCUT2D eigenvalue weighted by Gasteiger charge is -2.16. The Balaban J connectivity index is 2.70. The van der Waals surface area contributed by atoms with Gasteiger partial charge in [0.1, 0.15) is 10.8 Å². The van der Waals surface area contributed by atoms with Crippen LogP contribution >= 0.6 is 23.2 Å². The van der Waals surface area contributed by atoms with Crippen LogP contribution in [-0.4, -0.2) is 4.98 Å². The fourth-order valence-electron chi connectivity index (χ4n) is 1.82. The second-order valence-electron chi connectivity index (χ2n) is 4.20. The smallest absolute Gasteiger partial charge is 0.231 e. The van der Waals surface area contributed by atoms with Crippen molar-refractivity contribution in [2.45, 2.75) is 12.4 Å². The van der Waals surface area contributed by atoms with Gasteiger partial charge in [-0.05, 0) is 17.7 Å². The largest absolute Gasteiger partial charge is 0.433 e. The standard InChI is InChI=1S/C13H5Cl2F6N/c14-8-5-9(13(19,20)21)22-11(15)10(8)6-3-1-2-4-7(6)12(16,17)18/h1-5H. The van der Waals surface area contributed by atoms with Gasteiger partial charge in [-0.1, -0.05) is 41.4 Å². The molecule has 0 fully saturated rings. The first-order valence-electron chi connectivity index (χ1n) is 5.61. The third-order valence-corrected chi connectivity index (χ3v) is 3.29. The number of nitrogens with zero attached hydrogens (tertiary/aromatic N) is 1. The molecule has 1 aromatic heterocycles. The average Bonchev–Trinajstić information content (AvgIpc) is 2.36. The zero-order chi connectivity index (χ0) is 16.7. The summed E-state index contributed by atoms with van der Waals surface area (Å²) in [6.07, 6.45) is -9.53. The number of pyridine rings is 1. The number of hydrogen-bond donors (Lipinski definition) is 0. The zero-order valence-electron chi connectivity index (χ0n) is 10.4. The van der Waals surface area contributed by atoms with E-state index in [1.165, 1.54) is 6.07 Å². The van der Waals surface area contributed by atoms with Gasteiger partial charge < -0.3 is 0 Å². The van der Waals surface area contributed by atoms with E-state index in [1.54, 1.807) is 0 Å². The van der Waals surface area contributed by atoms with Crippen molar-refractivity contribution in [3.05, 3.63) is 51.8 Å². The molecule has 0 aliphatic rings. The molecule has 22 heavy (non-hydrogen) atoms.